The van der Waals surface area contributed by atoms with Crippen LogP contribution in [0.4, 0.5) is 4.79 Å². The van der Waals surface area contributed by atoms with Crippen LogP contribution in [-0.2, 0) is 20.7 Å². The largest absolute Gasteiger partial charge is 0.444 e. The van der Waals surface area contributed by atoms with Crippen molar-refractivity contribution in [3.8, 4) is 0 Å². The number of carbonyl (C=O) groups is 3. The highest BCUT2D eigenvalue weighted by Gasteiger charge is 2.36. The van der Waals surface area contributed by atoms with Gasteiger partial charge in [-0.2, -0.15) is 12.6 Å². The maximum atomic E-state index is 13.9. The quantitative estimate of drug-likeness (QED) is 0.225. The number of ether oxygens (including phenoxy) is 1. The van der Waals surface area contributed by atoms with Crippen LogP contribution in [0.5, 0.6) is 0 Å². The van der Waals surface area contributed by atoms with Gasteiger partial charge in [0.1, 0.15) is 17.7 Å². The molecular weight excluding hydrogens is 474 g/mol. The molecule has 1 aromatic carbocycles. The molecule has 0 radical (unpaired) electrons. The Kier molecular flexibility index (Phi) is 14.0. The third-order valence-corrected chi connectivity index (χ3v) is 6.20. The molecule has 1 rings (SSSR count). The van der Waals surface area contributed by atoms with Crippen molar-refractivity contribution < 1.29 is 19.1 Å². The highest BCUT2D eigenvalue weighted by molar-refractivity contribution is 7.80. The maximum Gasteiger partial charge on any atom is 0.408 e. The smallest absolute Gasteiger partial charge is 0.408 e. The predicted molar refractivity (Wildman–Crippen MR) is 149 cm³/mol. The Morgan fingerprint density at radius 2 is 1.64 bits per heavy atom. The van der Waals surface area contributed by atoms with Gasteiger partial charge < -0.3 is 20.3 Å². The molecule has 0 aliphatic heterocycles. The Morgan fingerprint density at radius 1 is 1.00 bits per heavy atom. The number of unbranched alkanes of at least 4 members (excludes halogenated alkanes) is 2. The molecule has 8 heteroatoms. The van der Waals surface area contributed by atoms with Gasteiger partial charge in [-0.3, -0.25) is 9.59 Å². The third-order valence-electron chi connectivity index (χ3n) is 5.83. The molecule has 2 N–H and O–H groups in total. The Balaban J connectivity index is 3.39. The molecule has 36 heavy (non-hydrogen) atoms. The Bertz CT molecular complexity index is 823. The predicted octanol–water partition coefficient (Wildman–Crippen LogP) is 5.44. The third kappa shape index (κ3) is 10.8. The first-order chi connectivity index (χ1) is 17.0. The van der Waals surface area contributed by atoms with Crippen molar-refractivity contribution in [2.75, 3.05) is 12.3 Å². The van der Waals surface area contributed by atoms with E-state index in [0.29, 0.717) is 6.54 Å². The molecule has 0 aliphatic carbocycles. The van der Waals surface area contributed by atoms with Gasteiger partial charge in [-0.05, 0) is 58.1 Å². The second-order valence-corrected chi connectivity index (χ2v) is 10.7. The number of rotatable bonds is 14. The molecular formula is C28H47N3O4S. The van der Waals surface area contributed by atoms with E-state index in [-0.39, 0.29) is 23.6 Å². The summed E-state index contributed by atoms with van der Waals surface area (Å²) in [6.07, 6.45) is 4.62. The molecule has 0 fully saturated rings. The van der Waals surface area contributed by atoms with E-state index in [4.69, 9.17) is 4.74 Å². The summed E-state index contributed by atoms with van der Waals surface area (Å²) in [4.78, 5) is 41.6. The van der Waals surface area contributed by atoms with E-state index in [0.717, 1.165) is 49.7 Å². The fourth-order valence-electron chi connectivity index (χ4n) is 3.97. The van der Waals surface area contributed by atoms with Crippen molar-refractivity contribution >= 4 is 30.5 Å². The minimum atomic E-state index is -0.928. The van der Waals surface area contributed by atoms with E-state index in [1.54, 1.807) is 25.7 Å². The van der Waals surface area contributed by atoms with Crippen molar-refractivity contribution in [1.29, 1.82) is 0 Å². The summed E-state index contributed by atoms with van der Waals surface area (Å²) in [5, 5.41) is 5.76. The molecule has 0 saturated carbocycles. The number of hydrogen-bond acceptors (Lipinski definition) is 5. The average Bonchev–Trinajstić information content (AvgIpc) is 2.80. The van der Waals surface area contributed by atoms with Crippen molar-refractivity contribution in [1.82, 2.24) is 15.5 Å². The van der Waals surface area contributed by atoms with Crippen molar-refractivity contribution in [2.45, 2.75) is 111 Å². The molecule has 7 nitrogen and oxygen atoms in total. The van der Waals surface area contributed by atoms with Crippen LogP contribution < -0.4 is 10.6 Å². The standard InChI is InChI=1S/C28H47N3O4S/c1-8-11-12-18-31(26(33)23(19-36)30-27(34)35-28(5,6)7)24(25(32)29-20(4)13-9-2)22-16-14-21(10-3)15-17-22/h14-17,20,23-24,36H,8-13,18-19H2,1-7H3,(H,29,32)(H,30,34). The van der Waals surface area contributed by atoms with E-state index in [2.05, 4.69) is 44.0 Å². The Labute approximate surface area is 223 Å². The monoisotopic (exact) mass is 521 g/mol. The van der Waals surface area contributed by atoms with Crippen LogP contribution in [0.1, 0.15) is 97.7 Å². The molecule has 3 atom stereocenters. The second-order valence-electron chi connectivity index (χ2n) is 10.3. The van der Waals surface area contributed by atoms with Crippen LogP contribution >= 0.6 is 12.6 Å². The average molecular weight is 522 g/mol. The van der Waals surface area contributed by atoms with E-state index in [1.807, 2.05) is 31.2 Å². The van der Waals surface area contributed by atoms with Crippen LogP contribution in [0.3, 0.4) is 0 Å². The first-order valence-corrected chi connectivity index (χ1v) is 13.9. The summed E-state index contributed by atoms with van der Waals surface area (Å²) in [6, 6.07) is 6.07. The minimum absolute atomic E-state index is 0.0203. The van der Waals surface area contributed by atoms with Crippen molar-refractivity contribution in [3.05, 3.63) is 35.4 Å². The lowest BCUT2D eigenvalue weighted by atomic mass is 9.99. The molecule has 3 amide bonds. The fourth-order valence-corrected chi connectivity index (χ4v) is 4.22. The Morgan fingerprint density at radius 3 is 2.14 bits per heavy atom. The topological polar surface area (TPSA) is 87.7 Å². The van der Waals surface area contributed by atoms with Gasteiger partial charge >= 0.3 is 6.09 Å². The molecule has 204 valence electrons. The molecule has 3 unspecified atom stereocenters. The number of nitrogens with zero attached hydrogens (tertiary/aromatic N) is 1. The van der Waals surface area contributed by atoms with Crippen LogP contribution in [0.15, 0.2) is 24.3 Å². The summed E-state index contributed by atoms with van der Waals surface area (Å²) >= 11 is 4.34. The number of benzene rings is 1. The SMILES string of the molecule is CCCCCN(C(=O)C(CS)NC(=O)OC(C)(C)C)C(C(=O)NC(C)CCC)c1ccc(CC)cc1. The number of alkyl carbamates (subject to hydrolysis) is 1. The van der Waals surface area contributed by atoms with E-state index in [1.165, 1.54) is 0 Å². The van der Waals surface area contributed by atoms with Gasteiger partial charge in [-0.1, -0.05) is 64.3 Å². The summed E-state index contributed by atoms with van der Waals surface area (Å²) in [6.45, 7) is 13.9. The number of aryl methyl sites for hydroxylation is 1. The first kappa shape index (κ1) is 31.8. The summed E-state index contributed by atoms with van der Waals surface area (Å²) in [7, 11) is 0. The number of thiol groups is 1. The van der Waals surface area contributed by atoms with Crippen LogP contribution in [0.2, 0.25) is 0 Å². The van der Waals surface area contributed by atoms with Gasteiger partial charge in [0.15, 0.2) is 0 Å². The molecule has 0 heterocycles. The lowest BCUT2D eigenvalue weighted by molar-refractivity contribution is -0.142. The minimum Gasteiger partial charge on any atom is -0.444 e. The Hall–Kier alpha value is -2.22. The van der Waals surface area contributed by atoms with Gasteiger partial charge in [0.25, 0.3) is 0 Å². The van der Waals surface area contributed by atoms with Gasteiger partial charge in [-0.15, -0.1) is 0 Å². The van der Waals surface area contributed by atoms with E-state index in [9.17, 15) is 14.4 Å². The molecule has 0 bridgehead atoms. The van der Waals surface area contributed by atoms with Crippen molar-refractivity contribution in [2.24, 2.45) is 0 Å². The van der Waals surface area contributed by atoms with E-state index >= 15 is 0 Å². The summed E-state index contributed by atoms with van der Waals surface area (Å²) < 4.78 is 5.36. The summed E-state index contributed by atoms with van der Waals surface area (Å²) in [5.41, 5.74) is 1.20. The maximum absolute atomic E-state index is 13.9. The highest BCUT2D eigenvalue weighted by Crippen LogP contribution is 2.25. The van der Waals surface area contributed by atoms with Crippen molar-refractivity contribution in [3.63, 3.8) is 0 Å². The van der Waals surface area contributed by atoms with Crippen LogP contribution in [-0.4, -0.2) is 52.8 Å². The van der Waals surface area contributed by atoms with Gasteiger partial charge in [0.2, 0.25) is 11.8 Å². The van der Waals surface area contributed by atoms with Crippen LogP contribution in [0.25, 0.3) is 0 Å². The number of carbonyl (C=O) groups excluding carboxylic acids is 3. The van der Waals surface area contributed by atoms with Gasteiger partial charge in [-0.25, -0.2) is 4.79 Å². The fraction of sp³-hybridized carbons (Fsp3) is 0.679. The van der Waals surface area contributed by atoms with E-state index < -0.39 is 23.8 Å². The molecule has 1 aromatic rings. The molecule has 0 aromatic heterocycles. The second kappa shape index (κ2) is 15.8. The molecule has 0 saturated heterocycles. The highest BCUT2D eigenvalue weighted by atomic mass is 32.1. The zero-order valence-corrected chi connectivity index (χ0v) is 24.1. The number of nitrogens with one attached hydrogen (secondary N) is 2. The first-order valence-electron chi connectivity index (χ1n) is 13.3. The van der Waals surface area contributed by atoms with Gasteiger partial charge in [0, 0.05) is 18.3 Å². The number of amides is 3. The molecule has 0 spiro atoms. The molecule has 0 aliphatic rings. The number of hydrogen-bond donors (Lipinski definition) is 3. The van der Waals surface area contributed by atoms with Crippen LogP contribution in [0, 0.1) is 0 Å². The lowest BCUT2D eigenvalue weighted by Crippen LogP contribution is -2.54. The zero-order valence-electron chi connectivity index (χ0n) is 23.2. The van der Waals surface area contributed by atoms with Gasteiger partial charge in [0.05, 0.1) is 0 Å². The zero-order chi connectivity index (χ0) is 27.3. The normalized spacial score (nSPS) is 13.9. The summed E-state index contributed by atoms with van der Waals surface area (Å²) in [5.74, 6) is -0.493. The lowest BCUT2D eigenvalue weighted by Gasteiger charge is -2.35.